The van der Waals surface area contributed by atoms with E-state index in [0.717, 1.165) is 18.4 Å². The van der Waals surface area contributed by atoms with E-state index >= 15 is 0 Å². The number of nitrogens with zero attached hydrogens (tertiary/aromatic N) is 2. The molecule has 2 aromatic rings. The van der Waals surface area contributed by atoms with Crippen LogP contribution in [-0.4, -0.2) is 36.7 Å². The lowest BCUT2D eigenvalue weighted by Gasteiger charge is -2.04. The van der Waals surface area contributed by atoms with Crippen molar-refractivity contribution in [3.63, 3.8) is 0 Å². The van der Waals surface area contributed by atoms with Crippen LogP contribution in [0.25, 0.3) is 0 Å². The van der Waals surface area contributed by atoms with Crippen molar-refractivity contribution < 1.29 is 17.9 Å². The molecule has 8 nitrogen and oxygen atoms in total. The van der Waals surface area contributed by atoms with Crippen molar-refractivity contribution in [1.82, 2.24) is 15.2 Å². The molecule has 0 aromatic carbocycles. The summed E-state index contributed by atoms with van der Waals surface area (Å²) in [6, 6.07) is 1.44. The molecule has 2 N–H and O–H groups in total. The highest BCUT2D eigenvalue weighted by atomic mass is 32.2. The number of aromatic nitrogens is 3. The van der Waals surface area contributed by atoms with Crippen LogP contribution in [0, 0.1) is 0 Å². The summed E-state index contributed by atoms with van der Waals surface area (Å²) in [5.41, 5.74) is 1.02. The van der Waals surface area contributed by atoms with Gasteiger partial charge in [-0.15, -0.1) is 11.3 Å². The van der Waals surface area contributed by atoms with Crippen LogP contribution in [0.1, 0.15) is 10.5 Å². The summed E-state index contributed by atoms with van der Waals surface area (Å²) in [7, 11) is -2.74. The summed E-state index contributed by atoms with van der Waals surface area (Å²) in [6.45, 7) is 0. The first-order valence-electron chi connectivity index (χ1n) is 4.58. The fourth-order valence-corrected chi connectivity index (χ4v) is 3.31. The molecule has 0 spiro atoms. The third-order valence-corrected chi connectivity index (χ3v) is 4.64. The number of methoxy groups -OCH3 is 1. The Hall–Kier alpha value is -1.94. The van der Waals surface area contributed by atoms with Gasteiger partial charge in [0, 0.05) is 6.07 Å². The topological polar surface area (TPSA) is 114 Å². The summed E-state index contributed by atoms with van der Waals surface area (Å²) in [5.74, 6) is -0.611. The molecule has 0 atom stereocenters. The summed E-state index contributed by atoms with van der Waals surface area (Å²) in [5, 5.41) is 6.05. The summed E-state index contributed by atoms with van der Waals surface area (Å²) < 4.78 is 30.5. The smallest absolute Gasteiger partial charge is 0.358 e. The zero-order valence-corrected chi connectivity index (χ0v) is 10.7. The molecule has 0 bridgehead atoms. The molecule has 2 aromatic heterocycles. The van der Waals surface area contributed by atoms with E-state index in [4.69, 9.17) is 0 Å². The number of nitrogens with one attached hydrogen (secondary N) is 2. The van der Waals surface area contributed by atoms with Gasteiger partial charge in [-0.25, -0.2) is 18.2 Å². The van der Waals surface area contributed by atoms with Crippen molar-refractivity contribution in [2.75, 3.05) is 11.8 Å². The molecule has 10 heteroatoms. The van der Waals surface area contributed by atoms with E-state index in [1.54, 1.807) is 0 Å². The number of thiazole rings is 1. The Balaban J connectivity index is 2.36. The molecule has 0 fully saturated rings. The zero-order chi connectivity index (χ0) is 13.2. The quantitative estimate of drug-likeness (QED) is 0.790. The minimum Gasteiger partial charge on any atom is -0.464 e. The Morgan fingerprint density at radius 2 is 2.33 bits per heavy atom. The van der Waals surface area contributed by atoms with Crippen molar-refractivity contribution >= 4 is 33.1 Å². The lowest BCUT2D eigenvalue weighted by atomic mass is 10.5. The molecule has 0 saturated carbocycles. The molecule has 2 heterocycles. The minimum atomic E-state index is -3.89. The lowest BCUT2D eigenvalue weighted by Crippen LogP contribution is -2.16. The van der Waals surface area contributed by atoms with Gasteiger partial charge in [-0.05, 0) is 0 Å². The largest absolute Gasteiger partial charge is 0.464 e. The number of ether oxygens (including phenoxy) is 1. The molecular weight excluding hydrogens is 280 g/mol. The van der Waals surface area contributed by atoms with Gasteiger partial charge < -0.3 is 4.74 Å². The molecule has 0 saturated heterocycles. The Bertz CT molecular complexity index is 646. The average molecular weight is 288 g/mol. The second-order valence-corrected chi connectivity index (χ2v) is 5.79. The molecule has 2 rings (SSSR count). The Labute approximate surface area is 106 Å². The summed E-state index contributed by atoms with van der Waals surface area (Å²) in [4.78, 5) is 15.0. The third-order valence-electron chi connectivity index (χ3n) is 1.90. The van der Waals surface area contributed by atoms with Gasteiger partial charge in [-0.1, -0.05) is 0 Å². The standard InChI is InChI=1S/C8H8N4O4S2/c1-16-7(13)6-8(17-4-9-6)18(14,15)12-5-2-3-10-11-5/h2-4H,1H3,(H2,10,11,12). The number of hydrogen-bond donors (Lipinski definition) is 2. The first kappa shape index (κ1) is 12.5. The fourth-order valence-electron chi connectivity index (χ4n) is 1.16. The Kier molecular flexibility index (Phi) is 3.30. The molecule has 18 heavy (non-hydrogen) atoms. The normalized spacial score (nSPS) is 11.2. The van der Waals surface area contributed by atoms with Crippen LogP contribution in [0.2, 0.25) is 0 Å². The summed E-state index contributed by atoms with van der Waals surface area (Å²) >= 11 is 0.825. The SMILES string of the molecule is COC(=O)c1ncsc1S(=O)(=O)Nc1ccn[nH]1. The molecule has 0 aliphatic carbocycles. The fraction of sp³-hybridized carbons (Fsp3) is 0.125. The number of rotatable bonds is 4. The van der Waals surface area contributed by atoms with Crippen molar-refractivity contribution in [3.05, 3.63) is 23.5 Å². The van der Waals surface area contributed by atoms with E-state index in [2.05, 4.69) is 24.6 Å². The van der Waals surface area contributed by atoms with Gasteiger partial charge in [0.2, 0.25) is 0 Å². The monoisotopic (exact) mass is 288 g/mol. The molecule has 0 unspecified atom stereocenters. The van der Waals surface area contributed by atoms with Crippen LogP contribution < -0.4 is 4.72 Å². The lowest BCUT2D eigenvalue weighted by molar-refractivity contribution is 0.0590. The first-order valence-corrected chi connectivity index (χ1v) is 6.95. The van der Waals surface area contributed by atoms with Crippen LogP contribution in [0.4, 0.5) is 5.82 Å². The van der Waals surface area contributed by atoms with Crippen LogP contribution in [0.5, 0.6) is 0 Å². The molecular formula is C8H8N4O4S2. The number of carbonyl (C=O) groups is 1. The second-order valence-electron chi connectivity index (χ2n) is 3.06. The predicted molar refractivity (Wildman–Crippen MR) is 62.8 cm³/mol. The number of sulfonamides is 1. The number of anilines is 1. The van der Waals surface area contributed by atoms with E-state index in [0.29, 0.717) is 0 Å². The maximum Gasteiger partial charge on any atom is 0.358 e. The van der Waals surface area contributed by atoms with Gasteiger partial charge in [-0.3, -0.25) is 9.82 Å². The number of aromatic amines is 1. The highest BCUT2D eigenvalue weighted by molar-refractivity contribution is 7.94. The van der Waals surface area contributed by atoms with E-state index in [1.165, 1.54) is 17.8 Å². The highest BCUT2D eigenvalue weighted by Gasteiger charge is 2.26. The molecule has 96 valence electrons. The van der Waals surface area contributed by atoms with Gasteiger partial charge in [-0.2, -0.15) is 5.10 Å². The number of H-pyrrole nitrogens is 1. The maximum atomic E-state index is 12.0. The zero-order valence-electron chi connectivity index (χ0n) is 9.08. The molecule has 0 radical (unpaired) electrons. The Morgan fingerprint density at radius 3 is 2.94 bits per heavy atom. The average Bonchev–Trinajstić information content (AvgIpc) is 2.97. The van der Waals surface area contributed by atoms with Gasteiger partial charge >= 0.3 is 5.97 Å². The summed E-state index contributed by atoms with van der Waals surface area (Å²) in [6.07, 6.45) is 1.39. The first-order chi connectivity index (χ1) is 8.54. The van der Waals surface area contributed by atoms with Crippen molar-refractivity contribution in [2.24, 2.45) is 0 Å². The van der Waals surface area contributed by atoms with Gasteiger partial charge in [0.1, 0.15) is 5.82 Å². The van der Waals surface area contributed by atoms with Crippen LogP contribution in [0.15, 0.2) is 22.0 Å². The predicted octanol–water partition coefficient (Wildman–Crippen LogP) is 0.454. The van der Waals surface area contributed by atoms with Crippen LogP contribution in [0.3, 0.4) is 0 Å². The van der Waals surface area contributed by atoms with Crippen molar-refractivity contribution in [3.8, 4) is 0 Å². The number of carbonyl (C=O) groups excluding carboxylic acids is 1. The second kappa shape index (κ2) is 4.74. The number of hydrogen-bond acceptors (Lipinski definition) is 7. The van der Waals surface area contributed by atoms with Crippen molar-refractivity contribution in [1.29, 1.82) is 0 Å². The maximum absolute atomic E-state index is 12.0. The third kappa shape index (κ3) is 2.33. The Morgan fingerprint density at radius 1 is 1.56 bits per heavy atom. The highest BCUT2D eigenvalue weighted by Crippen LogP contribution is 2.22. The molecule has 0 aliphatic heterocycles. The van der Waals surface area contributed by atoms with Gasteiger partial charge in [0.05, 0.1) is 18.8 Å². The van der Waals surface area contributed by atoms with Gasteiger partial charge in [0.15, 0.2) is 9.90 Å². The van der Waals surface area contributed by atoms with Crippen LogP contribution in [-0.2, 0) is 14.8 Å². The van der Waals surface area contributed by atoms with Crippen LogP contribution >= 0.6 is 11.3 Å². The molecule has 0 aliphatic rings. The van der Waals surface area contributed by atoms with E-state index in [9.17, 15) is 13.2 Å². The van der Waals surface area contributed by atoms with E-state index < -0.39 is 16.0 Å². The van der Waals surface area contributed by atoms with E-state index in [-0.39, 0.29) is 15.7 Å². The number of esters is 1. The van der Waals surface area contributed by atoms with Crippen molar-refractivity contribution in [2.45, 2.75) is 4.21 Å². The molecule has 0 amide bonds. The minimum absolute atomic E-state index is 0.194. The van der Waals surface area contributed by atoms with Gasteiger partial charge in [0.25, 0.3) is 10.0 Å². The van der Waals surface area contributed by atoms with E-state index in [1.807, 2.05) is 0 Å².